The second-order valence-electron chi connectivity index (χ2n) is 5.77. The number of carbonyl (C=O) groups is 1. The highest BCUT2D eigenvalue weighted by Crippen LogP contribution is 2.19. The van der Waals surface area contributed by atoms with Gasteiger partial charge in [0.05, 0.1) is 11.4 Å². The van der Waals surface area contributed by atoms with Gasteiger partial charge in [-0.25, -0.2) is 14.5 Å². The number of nitrogens with one attached hydrogen (secondary N) is 1. The maximum Gasteiger partial charge on any atom is 0.332 e. The molecule has 1 amide bonds. The minimum absolute atomic E-state index is 0.261. The Morgan fingerprint density at radius 3 is 2.71 bits per heavy atom. The van der Waals surface area contributed by atoms with Crippen LogP contribution >= 0.6 is 0 Å². The van der Waals surface area contributed by atoms with Gasteiger partial charge in [-0.15, -0.1) is 0 Å². The maximum atomic E-state index is 12.3. The highest BCUT2D eigenvalue weighted by molar-refractivity contribution is 5.90. The summed E-state index contributed by atoms with van der Waals surface area (Å²) in [5.74, 6) is 0.656. The third-order valence-electron chi connectivity index (χ3n) is 3.80. The number of aromatic nitrogens is 4. The van der Waals surface area contributed by atoms with Crippen molar-refractivity contribution in [2.24, 2.45) is 0 Å². The van der Waals surface area contributed by atoms with Gasteiger partial charge in [-0.3, -0.25) is 9.88 Å². The Morgan fingerprint density at radius 2 is 2.04 bits per heavy atom. The first-order valence-corrected chi connectivity index (χ1v) is 8.12. The van der Waals surface area contributed by atoms with Crippen molar-refractivity contribution in [1.29, 1.82) is 0 Å². The van der Waals surface area contributed by atoms with E-state index in [4.69, 9.17) is 0 Å². The van der Waals surface area contributed by atoms with Gasteiger partial charge in [0.25, 0.3) is 0 Å². The number of imidazole rings is 1. The van der Waals surface area contributed by atoms with E-state index in [1.54, 1.807) is 17.1 Å². The summed E-state index contributed by atoms with van der Waals surface area (Å²) in [5, 5.41) is 7.57. The van der Waals surface area contributed by atoms with Gasteiger partial charge in [0.15, 0.2) is 0 Å². The van der Waals surface area contributed by atoms with Crippen molar-refractivity contribution in [3.8, 4) is 5.69 Å². The van der Waals surface area contributed by atoms with Crippen molar-refractivity contribution < 1.29 is 4.79 Å². The zero-order valence-electron chi connectivity index (χ0n) is 13.9. The monoisotopic (exact) mass is 323 g/mol. The van der Waals surface area contributed by atoms with Crippen LogP contribution in [0.2, 0.25) is 0 Å². The third kappa shape index (κ3) is 3.53. The smallest absolute Gasteiger partial charge is 0.291 e. The van der Waals surface area contributed by atoms with E-state index in [9.17, 15) is 4.79 Å². The fourth-order valence-electron chi connectivity index (χ4n) is 2.44. The predicted molar refractivity (Wildman–Crippen MR) is 93.6 cm³/mol. The van der Waals surface area contributed by atoms with Gasteiger partial charge in [-0.2, -0.15) is 5.10 Å². The van der Waals surface area contributed by atoms with Crippen molar-refractivity contribution in [3.63, 3.8) is 0 Å². The van der Waals surface area contributed by atoms with E-state index in [0.717, 1.165) is 30.6 Å². The molecule has 0 radical (unpaired) electrons. The molecule has 0 saturated heterocycles. The van der Waals surface area contributed by atoms with Crippen LogP contribution in [0.3, 0.4) is 0 Å². The number of benzene rings is 1. The molecule has 1 N–H and O–H groups in total. The van der Waals surface area contributed by atoms with Gasteiger partial charge >= 0.3 is 6.03 Å². The summed E-state index contributed by atoms with van der Waals surface area (Å²) >= 11 is 0. The van der Waals surface area contributed by atoms with Crippen LogP contribution in [-0.4, -0.2) is 25.4 Å². The van der Waals surface area contributed by atoms with E-state index in [0.29, 0.717) is 5.82 Å². The quantitative estimate of drug-likeness (QED) is 0.776. The topological polar surface area (TPSA) is 64.7 Å². The molecule has 2 heterocycles. The Hall–Kier alpha value is -2.89. The predicted octanol–water partition coefficient (Wildman–Crippen LogP) is 3.80. The standard InChI is InChI=1S/C18H21N5O/c1-3-4-5-15-12-17(20-18(24)22-11-10-19-13-22)23(21-15)16-8-6-14(2)7-9-16/h6-13H,3-5H2,1-2H3,(H,20,24). The van der Waals surface area contributed by atoms with Crippen LogP contribution in [0.5, 0.6) is 0 Å². The van der Waals surface area contributed by atoms with E-state index in [1.807, 2.05) is 37.3 Å². The molecule has 0 aliphatic carbocycles. The summed E-state index contributed by atoms with van der Waals surface area (Å²) in [6, 6.07) is 9.74. The van der Waals surface area contributed by atoms with Crippen LogP contribution < -0.4 is 5.32 Å². The molecule has 1 aromatic carbocycles. The van der Waals surface area contributed by atoms with Crippen LogP contribution in [0.15, 0.2) is 49.1 Å². The molecule has 3 rings (SSSR count). The number of hydrogen-bond acceptors (Lipinski definition) is 3. The van der Waals surface area contributed by atoms with E-state index in [1.165, 1.54) is 16.5 Å². The molecule has 6 nitrogen and oxygen atoms in total. The number of hydrogen-bond donors (Lipinski definition) is 1. The van der Waals surface area contributed by atoms with Crippen molar-refractivity contribution >= 4 is 11.8 Å². The van der Waals surface area contributed by atoms with Crippen molar-refractivity contribution in [3.05, 3.63) is 60.3 Å². The molecule has 2 aromatic heterocycles. The van der Waals surface area contributed by atoms with Gasteiger partial charge in [0.2, 0.25) is 0 Å². The lowest BCUT2D eigenvalue weighted by atomic mass is 10.2. The van der Waals surface area contributed by atoms with Gasteiger partial charge < -0.3 is 0 Å². The molecule has 24 heavy (non-hydrogen) atoms. The van der Waals surface area contributed by atoms with Gasteiger partial charge in [-0.05, 0) is 31.9 Å². The summed E-state index contributed by atoms with van der Waals surface area (Å²) in [4.78, 5) is 16.2. The fraction of sp³-hybridized carbons (Fsp3) is 0.278. The zero-order chi connectivity index (χ0) is 16.9. The average molecular weight is 323 g/mol. The SMILES string of the molecule is CCCCc1cc(NC(=O)n2ccnc2)n(-c2ccc(C)cc2)n1. The summed E-state index contributed by atoms with van der Waals surface area (Å²) in [7, 11) is 0. The minimum atomic E-state index is -0.261. The largest absolute Gasteiger partial charge is 0.332 e. The first kappa shape index (κ1) is 16.0. The first-order valence-electron chi connectivity index (χ1n) is 8.12. The van der Waals surface area contributed by atoms with Crippen LogP contribution in [0.1, 0.15) is 31.0 Å². The lowest BCUT2D eigenvalue weighted by molar-refractivity contribution is 0.253. The second-order valence-corrected chi connectivity index (χ2v) is 5.77. The molecule has 0 atom stereocenters. The van der Waals surface area contributed by atoms with Crippen LogP contribution in [0, 0.1) is 6.92 Å². The Bertz CT molecular complexity index is 803. The lowest BCUT2D eigenvalue weighted by Gasteiger charge is -2.09. The summed E-state index contributed by atoms with van der Waals surface area (Å²) in [5.41, 5.74) is 3.07. The van der Waals surface area contributed by atoms with E-state index in [-0.39, 0.29) is 6.03 Å². The van der Waals surface area contributed by atoms with Crippen LogP contribution in [0.25, 0.3) is 5.69 Å². The molecule has 124 valence electrons. The Balaban J connectivity index is 1.91. The third-order valence-corrected chi connectivity index (χ3v) is 3.80. The molecule has 0 fully saturated rings. The number of carbonyl (C=O) groups excluding carboxylic acids is 1. The lowest BCUT2D eigenvalue weighted by Crippen LogP contribution is -2.19. The molecule has 0 unspecified atom stereocenters. The molecular formula is C18H21N5O. The van der Waals surface area contributed by atoms with E-state index >= 15 is 0 Å². The minimum Gasteiger partial charge on any atom is -0.291 e. The van der Waals surface area contributed by atoms with E-state index < -0.39 is 0 Å². The van der Waals surface area contributed by atoms with Crippen LogP contribution in [0.4, 0.5) is 10.6 Å². The number of rotatable bonds is 5. The number of amides is 1. The Labute approximate surface area is 141 Å². The molecule has 3 aromatic rings. The van der Waals surface area contributed by atoms with Gasteiger partial charge in [-0.1, -0.05) is 31.0 Å². The maximum absolute atomic E-state index is 12.3. The zero-order valence-corrected chi connectivity index (χ0v) is 13.9. The van der Waals surface area contributed by atoms with Gasteiger partial charge in [0, 0.05) is 18.5 Å². The fourth-order valence-corrected chi connectivity index (χ4v) is 2.44. The summed E-state index contributed by atoms with van der Waals surface area (Å²) < 4.78 is 3.18. The number of nitrogens with zero attached hydrogens (tertiary/aromatic N) is 4. The Kier molecular flexibility index (Phi) is 4.74. The molecule has 6 heteroatoms. The van der Waals surface area contributed by atoms with Gasteiger partial charge in [0.1, 0.15) is 12.1 Å². The first-order chi connectivity index (χ1) is 11.7. The highest BCUT2D eigenvalue weighted by Gasteiger charge is 2.13. The van der Waals surface area contributed by atoms with Crippen molar-refractivity contribution in [1.82, 2.24) is 19.3 Å². The number of aryl methyl sites for hydroxylation is 2. The molecular weight excluding hydrogens is 302 g/mol. The van der Waals surface area contributed by atoms with Crippen LogP contribution in [-0.2, 0) is 6.42 Å². The van der Waals surface area contributed by atoms with Crippen molar-refractivity contribution in [2.45, 2.75) is 33.1 Å². The average Bonchev–Trinajstić information content (AvgIpc) is 3.23. The van der Waals surface area contributed by atoms with Crippen molar-refractivity contribution in [2.75, 3.05) is 5.32 Å². The molecule has 0 spiro atoms. The second kappa shape index (κ2) is 7.12. The number of unbranched alkanes of at least 4 members (excludes halogenated alkanes) is 1. The summed E-state index contributed by atoms with van der Waals surface area (Å²) in [6.07, 6.45) is 7.72. The normalized spacial score (nSPS) is 10.8. The molecule has 0 aliphatic heterocycles. The summed E-state index contributed by atoms with van der Waals surface area (Å²) in [6.45, 7) is 4.19. The number of anilines is 1. The molecule has 0 aliphatic rings. The van der Waals surface area contributed by atoms with E-state index in [2.05, 4.69) is 22.3 Å². The Morgan fingerprint density at radius 1 is 1.25 bits per heavy atom. The molecule has 0 bridgehead atoms. The molecule has 0 saturated carbocycles. The highest BCUT2D eigenvalue weighted by atomic mass is 16.2.